The first-order valence-corrected chi connectivity index (χ1v) is 14.8. The summed E-state index contributed by atoms with van der Waals surface area (Å²) in [6.45, 7) is 6.38. The van der Waals surface area contributed by atoms with E-state index < -0.39 is 0 Å². The van der Waals surface area contributed by atoms with Gasteiger partial charge in [0.05, 0.1) is 17.0 Å². The lowest BCUT2D eigenvalue weighted by atomic mass is 9.88. The molecule has 2 amide bonds. The first-order valence-electron chi connectivity index (χ1n) is 14.0. The van der Waals surface area contributed by atoms with Gasteiger partial charge in [0.15, 0.2) is 0 Å². The standard InChI is InChI=1S/C35H32N2O3S/c1-3-10-25-22-26(23-31-29-13-8-9-14-30(29)34(38)37(25)31)36(21-4-2)35(39)33-20-19-32(41-33)24-15-17-28(18-16-24)40-27-11-6-5-7-12-27/h3-20,25-26,31H,2,21-23H2,1H3/b10-3+/t25-,26+,31+/m1/s1. The first-order chi connectivity index (χ1) is 20.1. The monoisotopic (exact) mass is 560 g/mol. The van der Waals surface area contributed by atoms with E-state index in [1.165, 1.54) is 11.3 Å². The van der Waals surface area contributed by atoms with E-state index in [-0.39, 0.29) is 29.9 Å². The van der Waals surface area contributed by atoms with Crippen molar-refractivity contribution in [3.63, 3.8) is 0 Å². The highest BCUT2D eigenvalue weighted by molar-refractivity contribution is 7.17. The molecule has 0 radical (unpaired) electrons. The van der Waals surface area contributed by atoms with Gasteiger partial charge in [0.1, 0.15) is 11.5 Å². The number of ether oxygens (including phenoxy) is 1. The van der Waals surface area contributed by atoms with Crippen molar-refractivity contribution in [2.24, 2.45) is 0 Å². The summed E-state index contributed by atoms with van der Waals surface area (Å²) in [5, 5.41) is 0. The molecule has 0 N–H and O–H groups in total. The number of para-hydroxylation sites is 1. The van der Waals surface area contributed by atoms with Gasteiger partial charge < -0.3 is 14.5 Å². The highest BCUT2D eigenvalue weighted by atomic mass is 32.1. The van der Waals surface area contributed by atoms with E-state index in [0.717, 1.165) is 33.1 Å². The van der Waals surface area contributed by atoms with Crippen molar-refractivity contribution in [3.05, 3.63) is 132 Å². The van der Waals surface area contributed by atoms with Gasteiger partial charge in [0.25, 0.3) is 11.8 Å². The number of amides is 2. The van der Waals surface area contributed by atoms with E-state index in [1.807, 2.05) is 114 Å². The molecule has 6 rings (SSSR count). The summed E-state index contributed by atoms with van der Waals surface area (Å²) in [4.78, 5) is 33.0. The van der Waals surface area contributed by atoms with Gasteiger partial charge in [-0.15, -0.1) is 17.9 Å². The van der Waals surface area contributed by atoms with Crippen molar-refractivity contribution in [2.45, 2.75) is 37.9 Å². The average molecular weight is 561 g/mol. The zero-order valence-corrected chi connectivity index (χ0v) is 23.8. The summed E-state index contributed by atoms with van der Waals surface area (Å²) < 4.78 is 5.93. The molecule has 0 aliphatic carbocycles. The molecule has 6 heteroatoms. The van der Waals surface area contributed by atoms with Crippen LogP contribution in [0.15, 0.2) is 116 Å². The Hall–Kier alpha value is -4.42. The van der Waals surface area contributed by atoms with E-state index in [1.54, 1.807) is 6.08 Å². The highest BCUT2D eigenvalue weighted by Gasteiger charge is 2.46. The van der Waals surface area contributed by atoms with Crippen LogP contribution in [0.25, 0.3) is 10.4 Å². The summed E-state index contributed by atoms with van der Waals surface area (Å²) in [6.07, 6.45) is 7.29. The van der Waals surface area contributed by atoms with Crippen LogP contribution < -0.4 is 4.74 Å². The molecule has 3 heterocycles. The second-order valence-corrected chi connectivity index (χ2v) is 11.5. The number of carbonyl (C=O) groups is 2. The minimum Gasteiger partial charge on any atom is -0.457 e. The highest BCUT2D eigenvalue weighted by Crippen LogP contribution is 2.44. The predicted octanol–water partition coefficient (Wildman–Crippen LogP) is 8.14. The Morgan fingerprint density at radius 3 is 2.46 bits per heavy atom. The van der Waals surface area contributed by atoms with E-state index >= 15 is 0 Å². The van der Waals surface area contributed by atoms with Crippen LogP contribution in [-0.4, -0.2) is 40.2 Å². The number of fused-ring (bicyclic) bond motifs is 3. The molecule has 1 aromatic heterocycles. The third-order valence-corrected chi connectivity index (χ3v) is 8.99. The summed E-state index contributed by atoms with van der Waals surface area (Å²) in [6, 6.07) is 29.3. The summed E-state index contributed by atoms with van der Waals surface area (Å²) in [5.74, 6) is 1.63. The largest absolute Gasteiger partial charge is 0.457 e. The second-order valence-electron chi connectivity index (χ2n) is 10.4. The minimum atomic E-state index is -0.0701. The molecule has 4 aromatic rings. The number of benzene rings is 3. The van der Waals surface area contributed by atoms with Crippen LogP contribution in [0.2, 0.25) is 0 Å². The molecule has 5 nitrogen and oxygen atoms in total. The van der Waals surface area contributed by atoms with Crippen LogP contribution in [0.1, 0.15) is 51.4 Å². The van der Waals surface area contributed by atoms with Crippen molar-refractivity contribution < 1.29 is 14.3 Å². The molecule has 41 heavy (non-hydrogen) atoms. The number of carbonyl (C=O) groups excluding carboxylic acids is 2. The van der Waals surface area contributed by atoms with Gasteiger partial charge in [-0.05, 0) is 85.5 Å². The van der Waals surface area contributed by atoms with Crippen LogP contribution in [-0.2, 0) is 0 Å². The van der Waals surface area contributed by atoms with E-state index in [2.05, 4.69) is 12.7 Å². The number of thiophene rings is 1. The Morgan fingerprint density at radius 1 is 0.976 bits per heavy atom. The number of piperidine rings is 1. The quantitative estimate of drug-likeness (QED) is 0.204. The summed E-state index contributed by atoms with van der Waals surface area (Å²) in [7, 11) is 0. The van der Waals surface area contributed by atoms with Gasteiger partial charge in [0.2, 0.25) is 0 Å². The van der Waals surface area contributed by atoms with Gasteiger partial charge in [0, 0.05) is 23.0 Å². The Labute approximate surface area is 245 Å². The number of hydrogen-bond donors (Lipinski definition) is 0. The van der Waals surface area contributed by atoms with E-state index in [0.29, 0.717) is 24.3 Å². The molecule has 2 aliphatic heterocycles. The lowest BCUT2D eigenvalue weighted by Crippen LogP contribution is -2.51. The van der Waals surface area contributed by atoms with Crippen LogP contribution in [0.5, 0.6) is 11.5 Å². The Morgan fingerprint density at radius 2 is 1.71 bits per heavy atom. The molecular formula is C35H32N2O3S. The second kappa shape index (κ2) is 11.6. The molecule has 0 saturated carbocycles. The van der Waals surface area contributed by atoms with E-state index in [9.17, 15) is 9.59 Å². The van der Waals surface area contributed by atoms with Gasteiger partial charge in [-0.1, -0.05) is 54.6 Å². The summed E-state index contributed by atoms with van der Waals surface area (Å²) >= 11 is 1.50. The molecular weight excluding hydrogens is 528 g/mol. The SMILES string of the molecule is C=CCN(C(=O)c1ccc(-c2ccc(Oc3ccccc3)cc2)s1)[C@H]1C[C@@H](/C=C/C)N2C(=O)c3ccccc3[C@@H]2C1. The topological polar surface area (TPSA) is 49.9 Å². The van der Waals surface area contributed by atoms with Crippen molar-refractivity contribution in [2.75, 3.05) is 6.54 Å². The Balaban J connectivity index is 1.22. The molecule has 1 saturated heterocycles. The Kier molecular flexibility index (Phi) is 7.57. The maximum absolute atomic E-state index is 14.0. The molecule has 2 aliphatic rings. The Bertz CT molecular complexity index is 1590. The molecule has 3 aromatic carbocycles. The fraction of sp³-hybridized carbons (Fsp3) is 0.200. The van der Waals surface area contributed by atoms with Crippen molar-refractivity contribution in [1.29, 1.82) is 0 Å². The van der Waals surface area contributed by atoms with Gasteiger partial charge in [-0.3, -0.25) is 9.59 Å². The zero-order chi connectivity index (χ0) is 28.3. The minimum absolute atomic E-state index is 0.000433. The van der Waals surface area contributed by atoms with Crippen molar-refractivity contribution in [1.82, 2.24) is 9.80 Å². The van der Waals surface area contributed by atoms with Gasteiger partial charge in [-0.25, -0.2) is 0 Å². The maximum atomic E-state index is 14.0. The zero-order valence-electron chi connectivity index (χ0n) is 23.0. The summed E-state index contributed by atoms with van der Waals surface area (Å²) in [5.41, 5.74) is 2.87. The molecule has 0 bridgehead atoms. The molecule has 206 valence electrons. The van der Waals surface area contributed by atoms with Crippen LogP contribution in [0.4, 0.5) is 0 Å². The van der Waals surface area contributed by atoms with Crippen molar-refractivity contribution in [3.8, 4) is 21.9 Å². The third kappa shape index (κ3) is 5.23. The predicted molar refractivity (Wildman–Crippen MR) is 164 cm³/mol. The van der Waals surface area contributed by atoms with Crippen LogP contribution in [0.3, 0.4) is 0 Å². The van der Waals surface area contributed by atoms with Crippen LogP contribution in [0, 0.1) is 0 Å². The lowest BCUT2D eigenvalue weighted by Gasteiger charge is -2.44. The fourth-order valence-corrected chi connectivity index (χ4v) is 7.00. The molecule has 1 fully saturated rings. The number of rotatable bonds is 8. The number of allylic oxidation sites excluding steroid dienone is 1. The van der Waals surface area contributed by atoms with Crippen LogP contribution >= 0.6 is 11.3 Å². The molecule has 3 atom stereocenters. The van der Waals surface area contributed by atoms with Gasteiger partial charge >= 0.3 is 0 Å². The number of nitrogens with zero attached hydrogens (tertiary/aromatic N) is 2. The third-order valence-electron chi connectivity index (χ3n) is 7.86. The normalized spacial score (nSPS) is 19.6. The first kappa shape index (κ1) is 26.8. The van der Waals surface area contributed by atoms with E-state index in [4.69, 9.17) is 4.74 Å². The fourth-order valence-electron chi connectivity index (χ4n) is 6.03. The van der Waals surface area contributed by atoms with Crippen molar-refractivity contribution >= 4 is 23.2 Å². The van der Waals surface area contributed by atoms with Gasteiger partial charge in [-0.2, -0.15) is 0 Å². The average Bonchev–Trinajstić information content (AvgIpc) is 3.61. The lowest BCUT2D eigenvalue weighted by molar-refractivity contribution is 0.0350. The maximum Gasteiger partial charge on any atom is 0.264 e. The number of hydrogen-bond acceptors (Lipinski definition) is 4. The smallest absolute Gasteiger partial charge is 0.264 e. The molecule has 0 unspecified atom stereocenters. The molecule has 0 spiro atoms.